The number of halogens is 2. The predicted molar refractivity (Wildman–Crippen MR) is 138 cm³/mol. The molecule has 0 amide bonds. The van der Waals surface area contributed by atoms with Crippen molar-refractivity contribution in [2.45, 2.75) is 44.8 Å². The fourth-order valence-electron chi connectivity index (χ4n) is 4.72. The van der Waals surface area contributed by atoms with Crippen molar-refractivity contribution in [3.63, 3.8) is 0 Å². The van der Waals surface area contributed by atoms with Crippen molar-refractivity contribution in [2.75, 3.05) is 25.1 Å². The van der Waals surface area contributed by atoms with Crippen LogP contribution in [0.2, 0.25) is 5.15 Å². The highest BCUT2D eigenvalue weighted by Crippen LogP contribution is 2.35. The molecule has 4 N–H and O–H groups in total. The minimum atomic E-state index is -0.425. The lowest BCUT2D eigenvalue weighted by Gasteiger charge is -2.49. The largest absolute Gasteiger partial charge is 0.401 e. The second kappa shape index (κ2) is 11.6. The Hall–Kier alpha value is -3.01. The van der Waals surface area contributed by atoms with Gasteiger partial charge in [0.05, 0.1) is 11.6 Å². The Balaban J connectivity index is 0.00000167. The van der Waals surface area contributed by atoms with E-state index in [1.807, 2.05) is 0 Å². The molecule has 3 atom stereocenters. The smallest absolute Gasteiger partial charge is 0.347 e. The van der Waals surface area contributed by atoms with E-state index in [1.165, 1.54) is 12.1 Å². The topological polar surface area (TPSA) is 111 Å². The molecule has 10 heteroatoms. The summed E-state index contributed by atoms with van der Waals surface area (Å²) in [6.45, 7) is 9.54. The van der Waals surface area contributed by atoms with E-state index in [0.29, 0.717) is 40.8 Å². The van der Waals surface area contributed by atoms with Gasteiger partial charge in [-0.05, 0) is 42.7 Å². The van der Waals surface area contributed by atoms with Crippen LogP contribution in [0, 0.1) is 5.82 Å². The van der Waals surface area contributed by atoms with Crippen molar-refractivity contribution in [2.24, 2.45) is 5.73 Å². The quantitative estimate of drug-likeness (QED) is 0.441. The Bertz CT molecular complexity index is 1220. The molecule has 188 valence electrons. The summed E-state index contributed by atoms with van der Waals surface area (Å²) in [7, 11) is 1.00. The van der Waals surface area contributed by atoms with Gasteiger partial charge in [-0.25, -0.2) is 14.2 Å². The van der Waals surface area contributed by atoms with Gasteiger partial charge in [-0.15, -0.1) is 0 Å². The molecule has 2 unspecified atom stereocenters. The number of fused-ring (bicyclic) bond motifs is 1. The van der Waals surface area contributed by atoms with Crippen LogP contribution >= 0.6 is 11.6 Å². The number of aromatic amines is 1. The molecular formula is C25H32ClFN6O2. The third kappa shape index (κ3) is 5.63. The van der Waals surface area contributed by atoms with E-state index in [2.05, 4.69) is 45.2 Å². The van der Waals surface area contributed by atoms with Crippen molar-refractivity contribution in [3.05, 3.63) is 75.7 Å². The molecule has 1 aromatic carbocycles. The zero-order chi connectivity index (χ0) is 25.7. The van der Waals surface area contributed by atoms with Gasteiger partial charge in [-0.1, -0.05) is 44.2 Å². The second-order valence-electron chi connectivity index (χ2n) is 8.40. The lowest BCUT2D eigenvalue weighted by Crippen LogP contribution is -2.59. The van der Waals surface area contributed by atoms with E-state index >= 15 is 0 Å². The number of piperazine rings is 1. The highest BCUT2D eigenvalue weighted by molar-refractivity contribution is 6.29. The standard InChI is InChI=1S/C24H28ClFN6O.CH4O/c1-4-17-13-32(23-21-19(28-24(33)30-23)10-11-20(25)29-21)18(5-2)12-31(17)22(14(3)27)15-6-8-16(26)9-7-15;1-2/h6-11,17-18,22H,3-5,12-13,27H2,1-2H3,(H,28,30,33);2H,1H3/t17-,18?,22?;/m1./s1. The molecule has 2 aromatic heterocycles. The number of nitrogens with zero attached hydrogens (tertiary/aromatic N) is 4. The van der Waals surface area contributed by atoms with Gasteiger partial charge in [0.15, 0.2) is 5.82 Å². The summed E-state index contributed by atoms with van der Waals surface area (Å²) in [5.74, 6) is 0.243. The molecule has 1 aliphatic rings. The second-order valence-corrected chi connectivity index (χ2v) is 8.79. The van der Waals surface area contributed by atoms with Gasteiger partial charge in [0.2, 0.25) is 0 Å². The Labute approximate surface area is 209 Å². The number of hydrogen-bond donors (Lipinski definition) is 3. The average Bonchev–Trinajstić information content (AvgIpc) is 2.86. The number of rotatable bonds is 6. The van der Waals surface area contributed by atoms with Gasteiger partial charge in [-0.2, -0.15) is 4.98 Å². The van der Waals surface area contributed by atoms with Crippen LogP contribution in [-0.2, 0) is 0 Å². The Morgan fingerprint density at radius 1 is 1.17 bits per heavy atom. The molecule has 4 rings (SSSR count). The summed E-state index contributed by atoms with van der Waals surface area (Å²) >= 11 is 6.17. The zero-order valence-corrected chi connectivity index (χ0v) is 21.0. The summed E-state index contributed by atoms with van der Waals surface area (Å²) in [4.78, 5) is 28.3. The molecule has 0 spiro atoms. The summed E-state index contributed by atoms with van der Waals surface area (Å²) in [5, 5.41) is 7.34. The van der Waals surface area contributed by atoms with Crippen LogP contribution in [0.15, 0.2) is 53.5 Å². The number of pyridine rings is 1. The van der Waals surface area contributed by atoms with E-state index in [0.717, 1.165) is 25.5 Å². The number of aromatic nitrogens is 3. The number of aliphatic hydroxyl groups excluding tert-OH is 1. The zero-order valence-electron chi connectivity index (χ0n) is 20.2. The molecule has 8 nitrogen and oxygen atoms in total. The number of nitrogens with one attached hydrogen (secondary N) is 1. The summed E-state index contributed by atoms with van der Waals surface area (Å²) < 4.78 is 13.6. The number of benzene rings is 1. The van der Waals surface area contributed by atoms with Crippen LogP contribution in [0.3, 0.4) is 0 Å². The molecule has 0 bridgehead atoms. The SMILES string of the molecule is C=C(N)C(c1ccc(F)cc1)N1CC(CC)N(c2nc(=O)[nH]c3ccc(Cl)nc23)C[C@H]1CC.CO. The maximum atomic E-state index is 13.6. The third-order valence-electron chi connectivity index (χ3n) is 6.34. The third-order valence-corrected chi connectivity index (χ3v) is 6.55. The molecule has 1 fully saturated rings. The summed E-state index contributed by atoms with van der Waals surface area (Å²) in [6, 6.07) is 9.70. The lowest BCUT2D eigenvalue weighted by molar-refractivity contribution is 0.108. The highest BCUT2D eigenvalue weighted by atomic mass is 35.5. The predicted octanol–water partition coefficient (Wildman–Crippen LogP) is 3.61. The number of anilines is 1. The number of aliphatic hydroxyl groups is 1. The van der Waals surface area contributed by atoms with Crippen molar-refractivity contribution >= 4 is 28.5 Å². The van der Waals surface area contributed by atoms with Gasteiger partial charge in [0, 0.05) is 38.0 Å². The van der Waals surface area contributed by atoms with E-state index < -0.39 is 5.69 Å². The van der Waals surface area contributed by atoms with Gasteiger partial charge in [-0.3, -0.25) is 4.90 Å². The van der Waals surface area contributed by atoms with E-state index in [9.17, 15) is 9.18 Å². The fraction of sp³-hybridized carbons (Fsp3) is 0.400. The molecule has 1 saturated heterocycles. The normalized spacial score (nSPS) is 19.2. The van der Waals surface area contributed by atoms with E-state index in [1.54, 1.807) is 24.3 Å². The molecule has 3 aromatic rings. The Morgan fingerprint density at radius 3 is 2.43 bits per heavy atom. The summed E-state index contributed by atoms with van der Waals surface area (Å²) in [5.41, 5.74) is 8.43. The van der Waals surface area contributed by atoms with Crippen LogP contribution < -0.4 is 16.3 Å². The van der Waals surface area contributed by atoms with E-state index in [4.69, 9.17) is 22.4 Å². The van der Waals surface area contributed by atoms with Gasteiger partial charge >= 0.3 is 5.69 Å². The number of nitrogens with two attached hydrogens (primary N) is 1. The molecule has 0 saturated carbocycles. The monoisotopic (exact) mass is 502 g/mol. The molecule has 3 heterocycles. The maximum Gasteiger partial charge on any atom is 0.347 e. The van der Waals surface area contributed by atoms with Crippen LogP contribution in [0.4, 0.5) is 10.2 Å². The molecule has 0 aliphatic carbocycles. The molecular weight excluding hydrogens is 471 g/mol. The van der Waals surface area contributed by atoms with Crippen LogP contribution in [0.25, 0.3) is 11.0 Å². The van der Waals surface area contributed by atoms with Crippen LogP contribution in [-0.4, -0.2) is 57.2 Å². The van der Waals surface area contributed by atoms with Crippen molar-refractivity contribution in [1.82, 2.24) is 19.9 Å². The maximum absolute atomic E-state index is 13.6. The Kier molecular flexibility index (Phi) is 8.82. The summed E-state index contributed by atoms with van der Waals surface area (Å²) in [6.07, 6.45) is 1.66. The molecule has 1 aliphatic heterocycles. The first kappa shape index (κ1) is 26.6. The van der Waals surface area contributed by atoms with E-state index in [-0.39, 0.29) is 23.9 Å². The minimum Gasteiger partial charge on any atom is -0.401 e. The number of hydrogen-bond acceptors (Lipinski definition) is 7. The van der Waals surface area contributed by atoms with Crippen molar-refractivity contribution in [3.8, 4) is 0 Å². The lowest BCUT2D eigenvalue weighted by atomic mass is 9.95. The number of H-pyrrole nitrogens is 1. The van der Waals surface area contributed by atoms with Crippen molar-refractivity contribution < 1.29 is 9.50 Å². The Morgan fingerprint density at radius 2 is 1.83 bits per heavy atom. The highest BCUT2D eigenvalue weighted by Gasteiger charge is 2.38. The molecule has 0 radical (unpaired) electrons. The minimum absolute atomic E-state index is 0.0494. The first-order valence-electron chi connectivity index (χ1n) is 11.6. The first-order chi connectivity index (χ1) is 16.8. The van der Waals surface area contributed by atoms with Crippen LogP contribution in [0.1, 0.15) is 38.3 Å². The van der Waals surface area contributed by atoms with Gasteiger partial charge in [0.1, 0.15) is 16.5 Å². The first-order valence-corrected chi connectivity index (χ1v) is 11.9. The fourth-order valence-corrected chi connectivity index (χ4v) is 4.87. The van der Waals surface area contributed by atoms with Gasteiger partial charge < -0.3 is 20.7 Å². The van der Waals surface area contributed by atoms with Gasteiger partial charge in [0.25, 0.3) is 0 Å². The van der Waals surface area contributed by atoms with Crippen molar-refractivity contribution in [1.29, 1.82) is 0 Å². The van der Waals surface area contributed by atoms with Crippen LogP contribution in [0.5, 0.6) is 0 Å². The average molecular weight is 503 g/mol. The molecule has 35 heavy (non-hydrogen) atoms.